The number of hydrogen-bond donors (Lipinski definition) is 1. The van der Waals surface area contributed by atoms with E-state index < -0.39 is 40.0 Å². The predicted molar refractivity (Wildman–Crippen MR) is 208 cm³/mol. The number of nitrogens with zero attached hydrogens (tertiary/aromatic N) is 2. The van der Waals surface area contributed by atoms with Gasteiger partial charge in [0.2, 0.25) is 11.8 Å². The molecule has 5 rings (SSSR count). The highest BCUT2D eigenvalue weighted by Gasteiger charge is 2.36. The standard InChI is InChI=1S/C41H41Cl2N3O5S/c1-29-15-23-36(24-16-29)52(49,50)46(33-19-21-35(22-20-33)51-34-13-9-6-10-14-34)28-39(47)45(27-31-17-18-32(42)26-37(31)43)38(40(48)44-41(2,3)4)25-30-11-7-5-8-12-30/h5-24,26,38H,25,27-28H2,1-4H3,(H,44,48)/t38-/m1/s1. The zero-order chi connectivity index (χ0) is 37.5. The van der Waals surface area contributed by atoms with E-state index in [4.69, 9.17) is 27.9 Å². The van der Waals surface area contributed by atoms with Gasteiger partial charge in [-0.3, -0.25) is 13.9 Å². The van der Waals surface area contributed by atoms with Crippen LogP contribution in [0, 0.1) is 6.92 Å². The lowest BCUT2D eigenvalue weighted by Gasteiger charge is -2.35. The minimum Gasteiger partial charge on any atom is -0.457 e. The zero-order valence-electron chi connectivity index (χ0n) is 29.4. The minimum absolute atomic E-state index is 0.00844. The van der Waals surface area contributed by atoms with E-state index in [9.17, 15) is 18.0 Å². The van der Waals surface area contributed by atoms with E-state index >= 15 is 0 Å². The van der Waals surface area contributed by atoms with Crippen molar-refractivity contribution < 1.29 is 22.7 Å². The lowest BCUT2D eigenvalue weighted by Crippen LogP contribution is -2.56. The van der Waals surface area contributed by atoms with Crippen molar-refractivity contribution in [3.8, 4) is 11.5 Å². The molecule has 0 aromatic heterocycles. The Hall–Kier alpha value is -4.83. The molecule has 52 heavy (non-hydrogen) atoms. The SMILES string of the molecule is Cc1ccc(S(=O)(=O)N(CC(=O)N(Cc2ccc(Cl)cc2Cl)[C@H](Cc2ccccc2)C(=O)NC(C)(C)C)c2ccc(Oc3ccccc3)cc2)cc1. The number of aryl methyl sites for hydroxylation is 1. The second-order valence-corrected chi connectivity index (χ2v) is 16.1. The molecule has 0 fully saturated rings. The number of para-hydroxylation sites is 1. The molecule has 0 aliphatic heterocycles. The second-order valence-electron chi connectivity index (χ2n) is 13.4. The van der Waals surface area contributed by atoms with Gasteiger partial charge >= 0.3 is 0 Å². The Morgan fingerprint density at radius 3 is 1.98 bits per heavy atom. The molecule has 0 heterocycles. The molecule has 1 N–H and O–H groups in total. The van der Waals surface area contributed by atoms with Crippen LogP contribution in [-0.2, 0) is 32.6 Å². The predicted octanol–water partition coefficient (Wildman–Crippen LogP) is 8.84. The summed E-state index contributed by atoms with van der Waals surface area (Å²) in [6, 6.07) is 35.3. The lowest BCUT2D eigenvalue weighted by molar-refractivity contribution is -0.140. The molecular formula is C41H41Cl2N3O5S. The summed E-state index contributed by atoms with van der Waals surface area (Å²) in [4.78, 5) is 30.3. The highest BCUT2D eigenvalue weighted by atomic mass is 35.5. The maximum absolute atomic E-state index is 14.8. The number of hydrogen-bond acceptors (Lipinski definition) is 5. The lowest BCUT2D eigenvalue weighted by atomic mass is 10.0. The smallest absolute Gasteiger partial charge is 0.264 e. The molecule has 0 saturated carbocycles. The van der Waals surface area contributed by atoms with Crippen LogP contribution in [0.5, 0.6) is 11.5 Å². The normalized spacial score (nSPS) is 12.1. The molecule has 270 valence electrons. The molecular weight excluding hydrogens is 717 g/mol. The van der Waals surface area contributed by atoms with Crippen LogP contribution in [0.15, 0.2) is 132 Å². The Kier molecular flexibility index (Phi) is 12.3. The molecule has 0 spiro atoms. The van der Waals surface area contributed by atoms with Crippen molar-refractivity contribution in [3.63, 3.8) is 0 Å². The average Bonchev–Trinajstić information content (AvgIpc) is 3.10. The number of sulfonamides is 1. The first-order valence-corrected chi connectivity index (χ1v) is 18.9. The topological polar surface area (TPSA) is 96.0 Å². The van der Waals surface area contributed by atoms with Crippen LogP contribution in [0.1, 0.15) is 37.5 Å². The van der Waals surface area contributed by atoms with Crippen molar-refractivity contribution in [1.82, 2.24) is 10.2 Å². The van der Waals surface area contributed by atoms with Gasteiger partial charge in [-0.2, -0.15) is 0 Å². The number of anilines is 1. The summed E-state index contributed by atoms with van der Waals surface area (Å²) in [5.41, 5.74) is 1.84. The first-order valence-electron chi connectivity index (χ1n) is 16.7. The summed E-state index contributed by atoms with van der Waals surface area (Å²) in [5.74, 6) is 0.0836. The van der Waals surface area contributed by atoms with E-state index in [0.29, 0.717) is 27.1 Å². The van der Waals surface area contributed by atoms with Crippen molar-refractivity contribution in [2.24, 2.45) is 0 Å². The third kappa shape index (κ3) is 10.2. The average molecular weight is 759 g/mol. The third-order valence-corrected chi connectivity index (χ3v) is 10.5. The van der Waals surface area contributed by atoms with Crippen molar-refractivity contribution in [3.05, 3.63) is 154 Å². The number of nitrogens with one attached hydrogen (secondary N) is 1. The van der Waals surface area contributed by atoms with Gasteiger partial charge in [0, 0.05) is 28.5 Å². The summed E-state index contributed by atoms with van der Waals surface area (Å²) < 4.78 is 35.8. The molecule has 5 aromatic rings. The number of ether oxygens (including phenoxy) is 1. The summed E-state index contributed by atoms with van der Waals surface area (Å²) in [5, 5.41) is 3.74. The Morgan fingerprint density at radius 1 is 0.788 bits per heavy atom. The first kappa shape index (κ1) is 38.4. The van der Waals surface area contributed by atoms with E-state index in [-0.39, 0.29) is 23.5 Å². The summed E-state index contributed by atoms with van der Waals surface area (Å²) >= 11 is 12.8. The summed E-state index contributed by atoms with van der Waals surface area (Å²) in [7, 11) is -4.29. The molecule has 8 nitrogen and oxygen atoms in total. The van der Waals surface area contributed by atoms with Gasteiger partial charge in [0.15, 0.2) is 0 Å². The fourth-order valence-electron chi connectivity index (χ4n) is 5.51. The number of carbonyl (C=O) groups is 2. The fourth-order valence-corrected chi connectivity index (χ4v) is 7.39. The van der Waals surface area contributed by atoms with Crippen LogP contribution in [-0.4, -0.2) is 43.3 Å². The molecule has 0 bridgehead atoms. The maximum Gasteiger partial charge on any atom is 0.264 e. The quantitative estimate of drug-likeness (QED) is 0.130. The number of amides is 2. The monoisotopic (exact) mass is 757 g/mol. The maximum atomic E-state index is 14.8. The van der Waals surface area contributed by atoms with Gasteiger partial charge in [-0.1, -0.05) is 95.5 Å². The van der Waals surface area contributed by atoms with Gasteiger partial charge in [0.25, 0.3) is 10.0 Å². The molecule has 5 aromatic carbocycles. The number of carbonyl (C=O) groups excluding carboxylic acids is 2. The Bertz CT molecular complexity index is 2090. The second kappa shape index (κ2) is 16.7. The van der Waals surface area contributed by atoms with E-state index in [1.54, 1.807) is 54.6 Å². The van der Waals surface area contributed by atoms with Gasteiger partial charge in [-0.25, -0.2) is 8.42 Å². The number of benzene rings is 5. The molecule has 0 radical (unpaired) electrons. The third-order valence-electron chi connectivity index (χ3n) is 8.12. The Labute approximate surface area is 316 Å². The van der Waals surface area contributed by atoms with E-state index in [1.807, 2.05) is 88.4 Å². The number of rotatable bonds is 13. The molecule has 2 amide bonds. The molecule has 0 aliphatic rings. The van der Waals surface area contributed by atoms with Crippen molar-refractivity contribution in [2.75, 3.05) is 10.8 Å². The Balaban J connectivity index is 1.59. The van der Waals surface area contributed by atoms with Crippen LogP contribution < -0.4 is 14.4 Å². The van der Waals surface area contributed by atoms with Crippen LogP contribution >= 0.6 is 23.2 Å². The summed E-state index contributed by atoms with van der Waals surface area (Å²) in [6.07, 6.45) is 0.163. The fraction of sp³-hybridized carbons (Fsp3) is 0.220. The molecule has 11 heteroatoms. The van der Waals surface area contributed by atoms with Crippen LogP contribution in [0.4, 0.5) is 5.69 Å². The van der Waals surface area contributed by atoms with Crippen LogP contribution in [0.25, 0.3) is 0 Å². The largest absolute Gasteiger partial charge is 0.457 e. The van der Waals surface area contributed by atoms with Crippen LogP contribution in [0.3, 0.4) is 0 Å². The highest BCUT2D eigenvalue weighted by molar-refractivity contribution is 7.92. The zero-order valence-corrected chi connectivity index (χ0v) is 31.8. The number of halogens is 2. The minimum atomic E-state index is -4.29. The summed E-state index contributed by atoms with van der Waals surface area (Å²) in [6.45, 7) is 6.72. The van der Waals surface area contributed by atoms with Gasteiger partial charge in [0.05, 0.1) is 10.6 Å². The van der Waals surface area contributed by atoms with Crippen molar-refractivity contribution in [1.29, 1.82) is 0 Å². The van der Waals surface area contributed by atoms with Gasteiger partial charge < -0.3 is 15.0 Å². The van der Waals surface area contributed by atoms with Gasteiger partial charge in [0.1, 0.15) is 24.1 Å². The van der Waals surface area contributed by atoms with Gasteiger partial charge in [-0.15, -0.1) is 0 Å². The molecule has 1 atom stereocenters. The van der Waals surface area contributed by atoms with Crippen molar-refractivity contribution in [2.45, 2.75) is 57.1 Å². The van der Waals surface area contributed by atoms with Crippen LogP contribution in [0.2, 0.25) is 10.0 Å². The first-order chi connectivity index (χ1) is 24.7. The molecule has 0 saturated heterocycles. The Morgan fingerprint density at radius 2 is 1.38 bits per heavy atom. The van der Waals surface area contributed by atoms with Gasteiger partial charge in [-0.05, 0) is 99.5 Å². The van der Waals surface area contributed by atoms with E-state index in [2.05, 4.69) is 5.32 Å². The van der Waals surface area contributed by atoms with Crippen molar-refractivity contribution >= 4 is 50.7 Å². The molecule has 0 unspecified atom stereocenters. The van der Waals surface area contributed by atoms with E-state index in [1.165, 1.54) is 17.0 Å². The molecule has 0 aliphatic carbocycles. The van der Waals surface area contributed by atoms with E-state index in [0.717, 1.165) is 15.4 Å². The highest BCUT2D eigenvalue weighted by Crippen LogP contribution is 2.30.